The van der Waals surface area contributed by atoms with Crippen molar-refractivity contribution < 1.29 is 21.6 Å². The average Bonchev–Trinajstić information content (AvgIpc) is 3.35. The van der Waals surface area contributed by atoms with Crippen molar-refractivity contribution in [1.82, 2.24) is 14.4 Å². The number of aromatic amines is 1. The van der Waals surface area contributed by atoms with Crippen molar-refractivity contribution in [2.45, 2.75) is 50.5 Å². The molecule has 0 saturated heterocycles. The fourth-order valence-electron chi connectivity index (χ4n) is 5.18. The normalized spacial score (nSPS) is 21.5. The molecule has 0 bridgehead atoms. The fraction of sp³-hybridized carbons (Fsp3) is 0.417. The number of nitrogens with one attached hydrogen (secondary N) is 3. The van der Waals surface area contributed by atoms with E-state index < -0.39 is 21.8 Å². The number of hydrogen-bond donors (Lipinski definition) is 3. The first-order chi connectivity index (χ1) is 15.8. The van der Waals surface area contributed by atoms with E-state index in [2.05, 4.69) is 14.4 Å². The van der Waals surface area contributed by atoms with Gasteiger partial charge in [-0.05, 0) is 79.0 Å². The van der Waals surface area contributed by atoms with Crippen LogP contribution in [0.2, 0.25) is 0 Å². The third-order valence-corrected chi connectivity index (χ3v) is 8.07. The minimum Gasteiger partial charge on any atom is -0.352 e. The van der Waals surface area contributed by atoms with E-state index in [-0.39, 0.29) is 29.2 Å². The molecule has 5 rings (SSSR count). The molecular weight excluding hydrogens is 451 g/mol. The zero-order valence-corrected chi connectivity index (χ0v) is 18.8. The van der Waals surface area contributed by atoms with Gasteiger partial charge in [-0.25, -0.2) is 17.9 Å². The molecule has 0 spiro atoms. The second-order valence-electron chi connectivity index (χ2n) is 9.22. The van der Waals surface area contributed by atoms with Crippen molar-refractivity contribution in [3.8, 4) is 11.3 Å². The van der Waals surface area contributed by atoms with E-state index in [0.29, 0.717) is 36.0 Å². The molecule has 2 fully saturated rings. The number of aromatic nitrogens is 1. The topological polar surface area (TPSA) is 74.0 Å². The van der Waals surface area contributed by atoms with Gasteiger partial charge in [0.05, 0.1) is 11.2 Å². The van der Waals surface area contributed by atoms with Crippen LogP contribution in [0.15, 0.2) is 36.4 Å². The van der Waals surface area contributed by atoms with Crippen LogP contribution in [0, 0.1) is 23.4 Å². The zero-order valence-electron chi connectivity index (χ0n) is 18.0. The fourth-order valence-corrected chi connectivity index (χ4v) is 6.39. The minimum absolute atomic E-state index is 0.00548. The third kappa shape index (κ3) is 4.67. The molecule has 0 atom stereocenters. The van der Waals surface area contributed by atoms with Crippen molar-refractivity contribution in [1.29, 1.82) is 0 Å². The Hall–Kier alpha value is -2.36. The molecule has 176 valence electrons. The minimum atomic E-state index is -3.55. The summed E-state index contributed by atoms with van der Waals surface area (Å²) in [4.78, 5) is 3.07. The molecule has 2 aromatic carbocycles. The van der Waals surface area contributed by atoms with Gasteiger partial charge in [-0.15, -0.1) is 0 Å². The lowest BCUT2D eigenvalue weighted by Gasteiger charge is -2.36. The van der Waals surface area contributed by atoms with Gasteiger partial charge in [0.2, 0.25) is 0 Å². The van der Waals surface area contributed by atoms with Crippen molar-refractivity contribution in [2.75, 3.05) is 6.54 Å². The van der Waals surface area contributed by atoms with E-state index in [9.17, 15) is 21.6 Å². The van der Waals surface area contributed by atoms with Gasteiger partial charge >= 0.3 is 0 Å². The second-order valence-corrected chi connectivity index (χ2v) is 10.7. The van der Waals surface area contributed by atoms with Gasteiger partial charge in [-0.3, -0.25) is 0 Å². The molecule has 9 heteroatoms. The Labute approximate surface area is 191 Å². The number of hydrogen-bond acceptors (Lipinski definition) is 2. The molecule has 0 aliphatic heterocycles. The Morgan fingerprint density at radius 3 is 2.36 bits per heavy atom. The first kappa shape index (κ1) is 22.4. The molecule has 0 amide bonds. The summed E-state index contributed by atoms with van der Waals surface area (Å²) >= 11 is 0. The van der Waals surface area contributed by atoms with Gasteiger partial charge in [0, 0.05) is 24.0 Å². The average molecular weight is 478 g/mol. The molecule has 5 nitrogen and oxygen atoms in total. The number of rotatable bonds is 7. The molecule has 3 aromatic rings. The summed E-state index contributed by atoms with van der Waals surface area (Å²) in [5.74, 6) is -1.58. The third-order valence-electron chi connectivity index (χ3n) is 6.88. The number of halogens is 3. The molecule has 0 unspecified atom stereocenters. The number of fused-ring (bicyclic) bond motifs is 1. The first-order valence-electron chi connectivity index (χ1n) is 11.3. The smallest absolute Gasteiger partial charge is 0.277 e. The first-order valence-corrected chi connectivity index (χ1v) is 12.8. The van der Waals surface area contributed by atoms with Crippen molar-refractivity contribution >= 4 is 21.1 Å². The van der Waals surface area contributed by atoms with Crippen LogP contribution in [-0.2, 0) is 10.2 Å². The van der Waals surface area contributed by atoms with E-state index >= 15 is 0 Å². The quantitative estimate of drug-likeness (QED) is 0.442. The van der Waals surface area contributed by atoms with Gasteiger partial charge in [0.1, 0.15) is 17.5 Å². The van der Waals surface area contributed by atoms with Crippen LogP contribution < -0.4 is 9.44 Å². The largest absolute Gasteiger partial charge is 0.352 e. The standard InChI is InChI=1S/C24H26F3N3O2S/c25-17-7-5-15(6-8-17)23-22(20-11-18(26)12-21(27)24(20)29-23)16-9-14(10-16)13-28-33(31,32)30-19-3-1-2-4-19/h5-8,11-12,14,16,19,28-30H,1-4,9-10,13H2/t14-,16-. The summed E-state index contributed by atoms with van der Waals surface area (Å²) in [5.41, 5.74) is 2.34. The molecular formula is C24H26F3N3O2S. The van der Waals surface area contributed by atoms with E-state index in [0.717, 1.165) is 37.3 Å². The van der Waals surface area contributed by atoms with Crippen LogP contribution in [0.25, 0.3) is 22.2 Å². The highest BCUT2D eigenvalue weighted by Crippen LogP contribution is 2.48. The van der Waals surface area contributed by atoms with Gasteiger partial charge in [-0.1, -0.05) is 12.8 Å². The van der Waals surface area contributed by atoms with Crippen molar-refractivity contribution in [3.05, 3.63) is 59.4 Å². The Bertz CT molecular complexity index is 1260. The van der Waals surface area contributed by atoms with E-state index in [1.54, 1.807) is 12.1 Å². The van der Waals surface area contributed by atoms with Crippen LogP contribution in [0.1, 0.15) is 50.0 Å². The lowest BCUT2D eigenvalue weighted by atomic mass is 9.70. The predicted molar refractivity (Wildman–Crippen MR) is 121 cm³/mol. The lowest BCUT2D eigenvalue weighted by molar-refractivity contribution is 0.266. The monoisotopic (exact) mass is 477 g/mol. The summed E-state index contributed by atoms with van der Waals surface area (Å²) in [6.45, 7) is 0.315. The maximum absolute atomic E-state index is 14.5. The summed E-state index contributed by atoms with van der Waals surface area (Å²) < 4.78 is 72.0. The highest BCUT2D eigenvalue weighted by Gasteiger charge is 2.35. The number of H-pyrrole nitrogens is 1. The van der Waals surface area contributed by atoms with Crippen LogP contribution in [-0.4, -0.2) is 26.0 Å². The lowest BCUT2D eigenvalue weighted by Crippen LogP contribution is -2.44. The summed E-state index contributed by atoms with van der Waals surface area (Å²) in [6, 6.07) is 8.04. The second kappa shape index (κ2) is 8.77. The van der Waals surface area contributed by atoms with Crippen molar-refractivity contribution in [3.63, 3.8) is 0 Å². The maximum atomic E-state index is 14.5. The van der Waals surface area contributed by atoms with Crippen LogP contribution in [0.5, 0.6) is 0 Å². The Morgan fingerprint density at radius 2 is 1.67 bits per heavy atom. The van der Waals surface area contributed by atoms with E-state index in [1.807, 2.05) is 0 Å². The highest BCUT2D eigenvalue weighted by atomic mass is 32.2. The molecule has 1 aromatic heterocycles. The number of benzene rings is 2. The molecule has 2 aliphatic rings. The zero-order chi connectivity index (χ0) is 23.2. The van der Waals surface area contributed by atoms with Crippen LogP contribution in [0.4, 0.5) is 13.2 Å². The molecule has 0 radical (unpaired) electrons. The predicted octanol–water partition coefficient (Wildman–Crippen LogP) is 5.11. The maximum Gasteiger partial charge on any atom is 0.277 e. The molecule has 2 aliphatic carbocycles. The van der Waals surface area contributed by atoms with Crippen molar-refractivity contribution in [2.24, 2.45) is 5.92 Å². The van der Waals surface area contributed by atoms with E-state index in [1.165, 1.54) is 18.2 Å². The highest BCUT2D eigenvalue weighted by molar-refractivity contribution is 7.87. The molecule has 33 heavy (non-hydrogen) atoms. The van der Waals surface area contributed by atoms with Crippen LogP contribution >= 0.6 is 0 Å². The van der Waals surface area contributed by atoms with Gasteiger partial charge in [-0.2, -0.15) is 13.1 Å². The summed E-state index contributed by atoms with van der Waals surface area (Å²) in [7, 11) is -3.55. The molecule has 3 N–H and O–H groups in total. The van der Waals surface area contributed by atoms with E-state index in [4.69, 9.17) is 0 Å². The summed E-state index contributed by atoms with van der Waals surface area (Å²) in [5, 5.41) is 0.471. The summed E-state index contributed by atoms with van der Waals surface area (Å²) in [6.07, 6.45) is 5.19. The van der Waals surface area contributed by atoms with Gasteiger partial charge in [0.25, 0.3) is 10.2 Å². The van der Waals surface area contributed by atoms with Gasteiger partial charge < -0.3 is 4.98 Å². The molecule has 1 heterocycles. The Morgan fingerprint density at radius 1 is 0.970 bits per heavy atom. The molecule has 2 saturated carbocycles. The Balaban J connectivity index is 1.34. The Kier molecular flexibility index (Phi) is 5.96. The SMILES string of the molecule is O=S(=O)(NC[C@H]1C[C@H](c2c(-c3ccc(F)cc3)[nH]c3c(F)cc(F)cc32)C1)NC1CCCC1. The van der Waals surface area contributed by atoms with Gasteiger partial charge in [0.15, 0.2) is 0 Å². The van der Waals surface area contributed by atoms with Crippen LogP contribution in [0.3, 0.4) is 0 Å².